The molecule has 1 aromatic rings. The summed E-state index contributed by atoms with van der Waals surface area (Å²) in [5.74, 6) is 1.29. The fraction of sp³-hybridized carbons (Fsp3) is 0.714. The fourth-order valence-corrected chi connectivity index (χ4v) is 4.80. The number of fused-ring (bicyclic) bond motifs is 1. The molecular weight excluding hydrogens is 292 g/mol. The fourth-order valence-electron chi connectivity index (χ4n) is 3.30. The summed E-state index contributed by atoms with van der Waals surface area (Å²) >= 11 is 0. The normalized spacial score (nSPS) is 25.3. The standard InChI is InChI=1S/C14H20N2O4S/c1-20-14(17)11-2-3-12-8-15-13(16(12)9-11)10-4-6-21(18,19)7-5-10/h8,10-11H,2-7,9H2,1H3. The maximum atomic E-state index is 11.7. The number of carbonyl (C=O) groups excluding carboxylic acids is 1. The molecule has 116 valence electrons. The summed E-state index contributed by atoms with van der Waals surface area (Å²) in [5.41, 5.74) is 1.14. The molecule has 1 aromatic heterocycles. The number of aryl methyl sites for hydroxylation is 1. The van der Waals surface area contributed by atoms with E-state index in [0.29, 0.717) is 19.4 Å². The predicted molar refractivity (Wildman–Crippen MR) is 76.7 cm³/mol. The van der Waals surface area contributed by atoms with Crippen molar-refractivity contribution >= 4 is 15.8 Å². The Labute approximate surface area is 124 Å². The predicted octanol–water partition coefficient (Wildman–Crippen LogP) is 0.911. The van der Waals surface area contributed by atoms with E-state index in [1.54, 1.807) is 0 Å². The molecule has 1 saturated heterocycles. The number of nitrogens with zero attached hydrogens (tertiary/aromatic N) is 2. The molecule has 0 aromatic carbocycles. The lowest BCUT2D eigenvalue weighted by Gasteiger charge is -2.27. The lowest BCUT2D eigenvalue weighted by molar-refractivity contribution is -0.146. The van der Waals surface area contributed by atoms with Crippen molar-refractivity contribution in [2.75, 3.05) is 18.6 Å². The van der Waals surface area contributed by atoms with Gasteiger partial charge in [0, 0.05) is 24.4 Å². The van der Waals surface area contributed by atoms with Gasteiger partial charge in [0.1, 0.15) is 15.7 Å². The maximum absolute atomic E-state index is 11.7. The Bertz CT molecular complexity index is 636. The molecule has 1 atom stereocenters. The molecule has 0 saturated carbocycles. The zero-order valence-corrected chi connectivity index (χ0v) is 12.9. The molecule has 21 heavy (non-hydrogen) atoms. The van der Waals surface area contributed by atoms with E-state index < -0.39 is 9.84 Å². The monoisotopic (exact) mass is 312 g/mol. The molecule has 0 spiro atoms. The number of ether oxygens (including phenoxy) is 1. The molecule has 2 aliphatic rings. The van der Waals surface area contributed by atoms with Crippen molar-refractivity contribution < 1.29 is 17.9 Å². The van der Waals surface area contributed by atoms with E-state index in [0.717, 1.165) is 24.4 Å². The number of hydrogen-bond acceptors (Lipinski definition) is 5. The summed E-state index contributed by atoms with van der Waals surface area (Å²) in [7, 11) is -1.45. The molecular formula is C14H20N2O4S. The van der Waals surface area contributed by atoms with Crippen LogP contribution in [0.4, 0.5) is 0 Å². The van der Waals surface area contributed by atoms with Crippen LogP contribution in [0.2, 0.25) is 0 Å². The Morgan fingerprint density at radius 3 is 2.71 bits per heavy atom. The molecule has 3 heterocycles. The Kier molecular flexibility index (Phi) is 3.77. The molecule has 0 radical (unpaired) electrons. The minimum atomic E-state index is -2.87. The van der Waals surface area contributed by atoms with Crippen molar-refractivity contribution in [2.24, 2.45) is 5.92 Å². The summed E-state index contributed by atoms with van der Waals surface area (Å²) in [4.78, 5) is 16.2. The number of imidazole rings is 1. The van der Waals surface area contributed by atoms with Crippen LogP contribution < -0.4 is 0 Å². The summed E-state index contributed by atoms with van der Waals surface area (Å²) in [5, 5.41) is 0. The zero-order chi connectivity index (χ0) is 15.0. The van der Waals surface area contributed by atoms with E-state index in [2.05, 4.69) is 9.55 Å². The molecule has 2 aliphatic heterocycles. The molecule has 6 nitrogen and oxygen atoms in total. The molecule has 7 heteroatoms. The lowest BCUT2D eigenvalue weighted by Crippen LogP contribution is -2.30. The first-order valence-electron chi connectivity index (χ1n) is 7.32. The Balaban J connectivity index is 1.80. The highest BCUT2D eigenvalue weighted by atomic mass is 32.2. The van der Waals surface area contributed by atoms with Gasteiger partial charge in [0.05, 0.1) is 24.5 Å². The van der Waals surface area contributed by atoms with Crippen molar-refractivity contribution in [3.63, 3.8) is 0 Å². The third kappa shape index (κ3) is 2.84. The number of esters is 1. The van der Waals surface area contributed by atoms with Crippen LogP contribution in [0.25, 0.3) is 0 Å². The van der Waals surface area contributed by atoms with Gasteiger partial charge in [0.25, 0.3) is 0 Å². The van der Waals surface area contributed by atoms with E-state index in [9.17, 15) is 13.2 Å². The number of rotatable bonds is 2. The van der Waals surface area contributed by atoms with Crippen LogP contribution in [0.1, 0.15) is 36.7 Å². The van der Waals surface area contributed by atoms with Gasteiger partial charge in [-0.2, -0.15) is 0 Å². The van der Waals surface area contributed by atoms with Crippen LogP contribution in [-0.4, -0.2) is 42.6 Å². The van der Waals surface area contributed by atoms with E-state index in [1.165, 1.54) is 7.11 Å². The van der Waals surface area contributed by atoms with Crippen LogP contribution in [0.3, 0.4) is 0 Å². The first-order valence-corrected chi connectivity index (χ1v) is 9.15. The van der Waals surface area contributed by atoms with E-state index in [4.69, 9.17) is 4.74 Å². The second kappa shape index (κ2) is 5.44. The van der Waals surface area contributed by atoms with Gasteiger partial charge in [-0.1, -0.05) is 0 Å². The largest absolute Gasteiger partial charge is 0.469 e. The van der Waals surface area contributed by atoms with Crippen molar-refractivity contribution in [2.45, 2.75) is 38.1 Å². The number of sulfone groups is 1. The van der Waals surface area contributed by atoms with E-state index in [-0.39, 0.29) is 29.3 Å². The quantitative estimate of drug-likeness (QED) is 0.759. The highest BCUT2D eigenvalue weighted by molar-refractivity contribution is 7.91. The maximum Gasteiger partial charge on any atom is 0.310 e. The van der Waals surface area contributed by atoms with Crippen molar-refractivity contribution in [3.8, 4) is 0 Å². The Morgan fingerprint density at radius 2 is 2.05 bits per heavy atom. The minimum absolute atomic E-state index is 0.122. The average Bonchev–Trinajstić information content (AvgIpc) is 2.89. The Morgan fingerprint density at radius 1 is 1.33 bits per heavy atom. The third-order valence-corrected chi connectivity index (χ3v) is 6.29. The smallest absolute Gasteiger partial charge is 0.310 e. The topological polar surface area (TPSA) is 78.3 Å². The van der Waals surface area contributed by atoms with Gasteiger partial charge in [0.2, 0.25) is 0 Å². The minimum Gasteiger partial charge on any atom is -0.469 e. The van der Waals surface area contributed by atoms with Crippen molar-refractivity contribution in [1.82, 2.24) is 9.55 Å². The summed E-state index contributed by atoms with van der Waals surface area (Å²) < 4.78 is 30.0. The number of hydrogen-bond donors (Lipinski definition) is 0. The molecule has 3 rings (SSSR count). The van der Waals surface area contributed by atoms with E-state index >= 15 is 0 Å². The molecule has 0 aliphatic carbocycles. The third-order valence-electron chi connectivity index (χ3n) is 4.58. The second-order valence-electron chi connectivity index (χ2n) is 5.90. The highest BCUT2D eigenvalue weighted by Gasteiger charge is 2.32. The van der Waals surface area contributed by atoms with Gasteiger partial charge < -0.3 is 9.30 Å². The average molecular weight is 312 g/mol. The van der Waals surface area contributed by atoms with Crippen molar-refractivity contribution in [3.05, 3.63) is 17.7 Å². The van der Waals surface area contributed by atoms with E-state index in [1.807, 2.05) is 6.20 Å². The first-order chi connectivity index (χ1) is 10.00. The van der Waals surface area contributed by atoms with Gasteiger partial charge in [-0.05, 0) is 25.7 Å². The van der Waals surface area contributed by atoms with Gasteiger partial charge in [-0.15, -0.1) is 0 Å². The van der Waals surface area contributed by atoms with Crippen molar-refractivity contribution in [1.29, 1.82) is 0 Å². The molecule has 0 N–H and O–H groups in total. The molecule has 0 bridgehead atoms. The summed E-state index contributed by atoms with van der Waals surface area (Å²) in [6.07, 6.45) is 4.73. The number of methoxy groups -OCH3 is 1. The summed E-state index contributed by atoms with van der Waals surface area (Å²) in [6.45, 7) is 0.598. The van der Waals surface area contributed by atoms with Crippen LogP contribution in [-0.2, 0) is 32.3 Å². The van der Waals surface area contributed by atoms with Gasteiger partial charge >= 0.3 is 5.97 Å². The van der Waals surface area contributed by atoms with Gasteiger partial charge in [-0.25, -0.2) is 13.4 Å². The van der Waals surface area contributed by atoms with Crippen LogP contribution in [0.15, 0.2) is 6.20 Å². The Hall–Kier alpha value is -1.37. The molecule has 1 fully saturated rings. The van der Waals surface area contributed by atoms with Gasteiger partial charge in [0.15, 0.2) is 0 Å². The molecule has 0 amide bonds. The highest BCUT2D eigenvalue weighted by Crippen LogP contribution is 2.32. The lowest BCUT2D eigenvalue weighted by atomic mass is 9.96. The SMILES string of the molecule is COC(=O)C1CCc2cnc(C3CCS(=O)(=O)CC3)n2C1. The molecule has 1 unspecified atom stereocenters. The zero-order valence-electron chi connectivity index (χ0n) is 12.1. The van der Waals surface area contributed by atoms with Gasteiger partial charge in [-0.3, -0.25) is 4.79 Å². The first kappa shape index (κ1) is 14.6. The second-order valence-corrected chi connectivity index (χ2v) is 8.21. The summed E-state index contributed by atoms with van der Waals surface area (Å²) in [6, 6.07) is 0. The van der Waals surface area contributed by atoms with Crippen LogP contribution in [0.5, 0.6) is 0 Å². The van der Waals surface area contributed by atoms with Crippen LogP contribution >= 0.6 is 0 Å². The number of carbonyl (C=O) groups is 1. The number of aromatic nitrogens is 2. The van der Waals surface area contributed by atoms with Crippen LogP contribution in [0, 0.1) is 5.92 Å².